The quantitative estimate of drug-likeness (QED) is 0.942. The van der Waals surface area contributed by atoms with Crippen LogP contribution in [0.25, 0.3) is 11.1 Å². The minimum atomic E-state index is 0.250. The van der Waals surface area contributed by atoms with E-state index in [1.165, 1.54) is 16.8 Å². The summed E-state index contributed by atoms with van der Waals surface area (Å²) in [6.45, 7) is 5.60. The third-order valence-corrected chi connectivity index (χ3v) is 4.27. The minimum absolute atomic E-state index is 0.250. The van der Waals surface area contributed by atoms with E-state index in [0.717, 1.165) is 18.5 Å². The molecule has 0 saturated heterocycles. The first-order chi connectivity index (χ1) is 10.1. The molecule has 0 saturated carbocycles. The van der Waals surface area contributed by atoms with Crippen molar-refractivity contribution in [1.82, 2.24) is 9.78 Å². The fourth-order valence-electron chi connectivity index (χ4n) is 3.14. The second kappa shape index (κ2) is 5.53. The Kier molecular flexibility index (Phi) is 3.72. The molecule has 21 heavy (non-hydrogen) atoms. The van der Waals surface area contributed by atoms with Crippen LogP contribution in [0.15, 0.2) is 30.6 Å². The zero-order chi connectivity index (χ0) is 15.0. The summed E-state index contributed by atoms with van der Waals surface area (Å²) >= 11 is 0. The van der Waals surface area contributed by atoms with Crippen LogP contribution in [0.2, 0.25) is 0 Å². The first kappa shape index (κ1) is 14.1. The summed E-state index contributed by atoms with van der Waals surface area (Å²) in [5, 5.41) is 13.8. The highest BCUT2D eigenvalue weighted by atomic mass is 16.3. The van der Waals surface area contributed by atoms with Gasteiger partial charge in [-0.3, -0.25) is 4.68 Å². The maximum atomic E-state index is 9.57. The average Bonchev–Trinajstić information content (AvgIpc) is 2.91. The second-order valence-electron chi connectivity index (χ2n) is 6.25. The lowest BCUT2D eigenvalue weighted by atomic mass is 9.90. The maximum absolute atomic E-state index is 9.57. The third-order valence-electron chi connectivity index (χ3n) is 4.27. The summed E-state index contributed by atoms with van der Waals surface area (Å²) in [7, 11) is 1.93. The Labute approximate surface area is 126 Å². The molecule has 0 amide bonds. The molecule has 3 rings (SSSR count). The number of benzene rings is 1. The molecule has 1 aromatic heterocycles. The molecular weight excluding hydrogens is 262 g/mol. The fraction of sp³-hybridized carbons (Fsp3) is 0.471. The number of aliphatic hydroxyl groups is 1. The Balaban J connectivity index is 2.00. The standard InChI is InChI=1S/C17H23N3O/c1-12(2)20-9-13(11-21)6-15-7-14(4-5-17(15)20)16-8-18-19(3)10-16/h4-5,7-8,10,12-13,21H,6,9,11H2,1-3H3/t13-/m0/s1. The van der Waals surface area contributed by atoms with Gasteiger partial charge in [0.05, 0.1) is 6.20 Å². The number of aryl methyl sites for hydroxylation is 1. The lowest BCUT2D eigenvalue weighted by Gasteiger charge is -2.38. The predicted octanol–water partition coefficient (Wildman–Crippen LogP) is 2.47. The second-order valence-corrected chi connectivity index (χ2v) is 6.25. The van der Waals surface area contributed by atoms with Crippen molar-refractivity contribution in [1.29, 1.82) is 0 Å². The van der Waals surface area contributed by atoms with Crippen LogP contribution in [0, 0.1) is 5.92 Å². The van der Waals surface area contributed by atoms with Crippen molar-refractivity contribution >= 4 is 5.69 Å². The van der Waals surface area contributed by atoms with Crippen LogP contribution in [0.3, 0.4) is 0 Å². The van der Waals surface area contributed by atoms with Crippen LogP contribution in [-0.2, 0) is 13.5 Å². The first-order valence-electron chi connectivity index (χ1n) is 7.58. The van der Waals surface area contributed by atoms with E-state index >= 15 is 0 Å². The number of aromatic nitrogens is 2. The van der Waals surface area contributed by atoms with E-state index in [1.54, 1.807) is 0 Å². The van der Waals surface area contributed by atoms with Crippen molar-refractivity contribution in [2.45, 2.75) is 26.3 Å². The highest BCUT2D eigenvalue weighted by molar-refractivity contribution is 5.69. The molecular formula is C17H23N3O. The van der Waals surface area contributed by atoms with Crippen molar-refractivity contribution in [3.8, 4) is 11.1 Å². The van der Waals surface area contributed by atoms with E-state index in [9.17, 15) is 5.11 Å². The highest BCUT2D eigenvalue weighted by Gasteiger charge is 2.25. The molecule has 4 nitrogen and oxygen atoms in total. The number of hydrogen-bond acceptors (Lipinski definition) is 3. The van der Waals surface area contributed by atoms with Crippen LogP contribution < -0.4 is 4.90 Å². The smallest absolute Gasteiger partial charge is 0.0568 e. The van der Waals surface area contributed by atoms with Crippen molar-refractivity contribution in [2.24, 2.45) is 13.0 Å². The zero-order valence-electron chi connectivity index (χ0n) is 13.0. The van der Waals surface area contributed by atoms with Gasteiger partial charge in [-0.1, -0.05) is 6.07 Å². The Morgan fingerprint density at radius 1 is 1.33 bits per heavy atom. The molecule has 2 aromatic rings. The highest BCUT2D eigenvalue weighted by Crippen LogP contribution is 2.34. The van der Waals surface area contributed by atoms with Crippen LogP contribution in [0.5, 0.6) is 0 Å². The molecule has 1 aromatic carbocycles. The van der Waals surface area contributed by atoms with Crippen LogP contribution in [0.4, 0.5) is 5.69 Å². The molecule has 4 heteroatoms. The fourth-order valence-corrected chi connectivity index (χ4v) is 3.14. The molecule has 1 aliphatic rings. The van der Waals surface area contributed by atoms with E-state index in [-0.39, 0.29) is 6.61 Å². The number of anilines is 1. The normalized spacial score (nSPS) is 18.1. The summed E-state index contributed by atoms with van der Waals surface area (Å²) in [6.07, 6.45) is 4.88. The van der Waals surface area contributed by atoms with Gasteiger partial charge in [0, 0.05) is 49.6 Å². The molecule has 0 bridgehead atoms. The average molecular weight is 285 g/mol. The molecule has 1 N–H and O–H groups in total. The summed E-state index contributed by atoms with van der Waals surface area (Å²) in [5.41, 5.74) is 4.98. The van der Waals surface area contributed by atoms with E-state index < -0.39 is 0 Å². The molecule has 2 heterocycles. The number of aliphatic hydroxyl groups excluding tert-OH is 1. The van der Waals surface area contributed by atoms with Gasteiger partial charge in [0.1, 0.15) is 0 Å². The maximum Gasteiger partial charge on any atom is 0.0568 e. The molecule has 1 aliphatic heterocycles. The van der Waals surface area contributed by atoms with E-state index in [0.29, 0.717) is 12.0 Å². The molecule has 0 fully saturated rings. The molecule has 0 radical (unpaired) electrons. The van der Waals surface area contributed by atoms with Crippen LogP contribution in [-0.4, -0.2) is 34.1 Å². The van der Waals surface area contributed by atoms with Crippen LogP contribution in [0.1, 0.15) is 19.4 Å². The Morgan fingerprint density at radius 2 is 2.14 bits per heavy atom. The van der Waals surface area contributed by atoms with Crippen molar-refractivity contribution in [3.63, 3.8) is 0 Å². The molecule has 0 unspecified atom stereocenters. The summed E-state index contributed by atoms with van der Waals surface area (Å²) in [5.74, 6) is 0.323. The lowest BCUT2D eigenvalue weighted by Crippen LogP contribution is -2.41. The number of rotatable bonds is 3. The largest absolute Gasteiger partial charge is 0.396 e. The monoisotopic (exact) mass is 285 g/mol. The Morgan fingerprint density at radius 3 is 2.76 bits per heavy atom. The third kappa shape index (κ3) is 2.68. The van der Waals surface area contributed by atoms with Gasteiger partial charge in [-0.05, 0) is 43.5 Å². The summed E-state index contributed by atoms with van der Waals surface area (Å²) < 4.78 is 1.83. The van der Waals surface area contributed by atoms with Crippen molar-refractivity contribution in [3.05, 3.63) is 36.2 Å². The van der Waals surface area contributed by atoms with Gasteiger partial charge < -0.3 is 10.0 Å². The van der Waals surface area contributed by atoms with E-state index in [4.69, 9.17) is 0 Å². The number of hydrogen-bond donors (Lipinski definition) is 1. The molecule has 0 aliphatic carbocycles. The minimum Gasteiger partial charge on any atom is -0.396 e. The van der Waals surface area contributed by atoms with Gasteiger partial charge in [-0.15, -0.1) is 0 Å². The van der Waals surface area contributed by atoms with Gasteiger partial charge >= 0.3 is 0 Å². The van der Waals surface area contributed by atoms with E-state index in [2.05, 4.69) is 42.0 Å². The van der Waals surface area contributed by atoms with Gasteiger partial charge in [0.25, 0.3) is 0 Å². The molecule has 0 spiro atoms. The van der Waals surface area contributed by atoms with Crippen molar-refractivity contribution < 1.29 is 5.11 Å². The SMILES string of the molecule is CC(C)N1C[C@@H](CO)Cc2cc(-c3cnn(C)c3)ccc21. The zero-order valence-corrected chi connectivity index (χ0v) is 13.0. The van der Waals surface area contributed by atoms with Gasteiger partial charge in [0.2, 0.25) is 0 Å². The topological polar surface area (TPSA) is 41.3 Å². The first-order valence-corrected chi connectivity index (χ1v) is 7.58. The van der Waals surface area contributed by atoms with Gasteiger partial charge in [-0.25, -0.2) is 0 Å². The Bertz CT molecular complexity index is 633. The van der Waals surface area contributed by atoms with Crippen LogP contribution >= 0.6 is 0 Å². The summed E-state index contributed by atoms with van der Waals surface area (Å²) in [6, 6.07) is 7.08. The number of fused-ring (bicyclic) bond motifs is 1. The van der Waals surface area contributed by atoms with Gasteiger partial charge in [0.15, 0.2) is 0 Å². The van der Waals surface area contributed by atoms with Gasteiger partial charge in [-0.2, -0.15) is 5.10 Å². The molecule has 1 atom stereocenters. The summed E-state index contributed by atoms with van der Waals surface area (Å²) in [4.78, 5) is 2.40. The lowest BCUT2D eigenvalue weighted by molar-refractivity contribution is 0.222. The van der Waals surface area contributed by atoms with Crippen molar-refractivity contribution in [2.75, 3.05) is 18.1 Å². The number of nitrogens with zero attached hydrogens (tertiary/aromatic N) is 3. The molecule has 112 valence electrons. The predicted molar refractivity (Wildman–Crippen MR) is 85.4 cm³/mol. The Hall–Kier alpha value is -1.81. The van der Waals surface area contributed by atoms with E-state index in [1.807, 2.05) is 24.1 Å².